The Kier molecular flexibility index (Phi) is 6.92. The van der Waals surface area contributed by atoms with Crippen molar-refractivity contribution < 1.29 is 18.7 Å². The Hall–Kier alpha value is -4.06. The maximum atomic E-state index is 13.5. The Labute approximate surface area is 204 Å². The molecule has 1 N–H and O–H groups in total. The number of carbonyl (C=O) groups is 2. The van der Waals surface area contributed by atoms with Gasteiger partial charge in [-0.25, -0.2) is 14.2 Å². The zero-order valence-corrected chi connectivity index (χ0v) is 20.2. The summed E-state index contributed by atoms with van der Waals surface area (Å²) in [5.41, 5.74) is 5.40. The molecule has 0 saturated heterocycles. The van der Waals surface area contributed by atoms with E-state index in [1.54, 1.807) is 42.5 Å². The summed E-state index contributed by atoms with van der Waals surface area (Å²) in [4.78, 5) is 30.3. The molecular formula is C29H27FN2O3. The second-order valence-electron chi connectivity index (χ2n) is 9.06. The van der Waals surface area contributed by atoms with Crippen LogP contribution < -0.4 is 5.32 Å². The molecule has 4 aromatic rings. The monoisotopic (exact) mass is 470 g/mol. The van der Waals surface area contributed by atoms with Crippen LogP contribution in [0.3, 0.4) is 0 Å². The number of esters is 1. The van der Waals surface area contributed by atoms with Crippen molar-refractivity contribution >= 4 is 28.5 Å². The van der Waals surface area contributed by atoms with Crippen LogP contribution in [0.5, 0.6) is 0 Å². The highest BCUT2D eigenvalue weighted by Gasteiger charge is 2.17. The van der Waals surface area contributed by atoms with Crippen LogP contribution in [-0.4, -0.2) is 23.5 Å². The van der Waals surface area contributed by atoms with E-state index in [0.29, 0.717) is 40.2 Å². The van der Waals surface area contributed by atoms with Crippen LogP contribution in [0.1, 0.15) is 45.7 Å². The molecular weight excluding hydrogens is 443 g/mol. The first-order valence-corrected chi connectivity index (χ1v) is 11.5. The third-order valence-corrected chi connectivity index (χ3v) is 5.56. The van der Waals surface area contributed by atoms with Gasteiger partial charge in [-0.05, 0) is 86.0 Å². The summed E-state index contributed by atoms with van der Waals surface area (Å²) in [6, 6.07) is 18.3. The summed E-state index contributed by atoms with van der Waals surface area (Å²) in [6.07, 6.45) is 0. The van der Waals surface area contributed by atoms with E-state index in [2.05, 4.69) is 5.32 Å². The molecule has 178 valence electrons. The Bertz CT molecular complexity index is 1390. The fourth-order valence-corrected chi connectivity index (χ4v) is 3.85. The predicted octanol–water partition coefficient (Wildman–Crippen LogP) is 6.72. The second kappa shape index (κ2) is 10.1. The van der Waals surface area contributed by atoms with E-state index in [1.807, 2.05) is 39.8 Å². The number of halogens is 1. The van der Waals surface area contributed by atoms with Crippen LogP contribution in [0.2, 0.25) is 0 Å². The molecule has 1 aromatic heterocycles. The number of fused-ring (bicyclic) bond motifs is 1. The van der Waals surface area contributed by atoms with Gasteiger partial charge in [0.1, 0.15) is 5.82 Å². The first-order valence-electron chi connectivity index (χ1n) is 11.5. The highest BCUT2D eigenvalue weighted by Crippen LogP contribution is 2.29. The number of carbonyl (C=O) groups excluding carboxylic acids is 2. The van der Waals surface area contributed by atoms with Gasteiger partial charge < -0.3 is 10.1 Å². The number of hydrogen-bond donors (Lipinski definition) is 1. The Morgan fingerprint density at radius 2 is 1.66 bits per heavy atom. The number of nitrogens with zero attached hydrogens (tertiary/aromatic N) is 1. The van der Waals surface area contributed by atoms with Crippen LogP contribution >= 0.6 is 0 Å². The summed E-state index contributed by atoms with van der Waals surface area (Å²) >= 11 is 0. The average molecular weight is 471 g/mol. The summed E-state index contributed by atoms with van der Waals surface area (Å²) in [5.74, 6) is -0.789. The molecule has 4 rings (SSSR count). The normalized spacial score (nSPS) is 11.0. The largest absolute Gasteiger partial charge is 0.462 e. The maximum Gasteiger partial charge on any atom is 0.338 e. The molecule has 3 aromatic carbocycles. The SMILES string of the molecule is Cc1cc(C)c2nc(-c3ccc(F)cc3)cc(C(=O)Nc3ccc(C(=O)OCC(C)C)cc3)c2c1. The van der Waals surface area contributed by atoms with E-state index in [-0.39, 0.29) is 17.6 Å². The Morgan fingerprint density at radius 3 is 2.31 bits per heavy atom. The van der Waals surface area contributed by atoms with Crippen molar-refractivity contribution in [2.75, 3.05) is 11.9 Å². The minimum atomic E-state index is -0.397. The molecule has 6 heteroatoms. The summed E-state index contributed by atoms with van der Waals surface area (Å²) in [7, 11) is 0. The number of amides is 1. The number of hydrogen-bond acceptors (Lipinski definition) is 4. The fourth-order valence-electron chi connectivity index (χ4n) is 3.85. The molecule has 5 nitrogen and oxygen atoms in total. The van der Waals surface area contributed by atoms with Gasteiger partial charge in [-0.1, -0.05) is 25.5 Å². The molecule has 35 heavy (non-hydrogen) atoms. The Morgan fingerprint density at radius 1 is 0.971 bits per heavy atom. The van der Waals surface area contributed by atoms with Crippen molar-refractivity contribution in [3.8, 4) is 11.3 Å². The third kappa shape index (κ3) is 5.54. The molecule has 0 atom stereocenters. The zero-order chi connectivity index (χ0) is 25.1. The highest BCUT2D eigenvalue weighted by atomic mass is 19.1. The van der Waals surface area contributed by atoms with Crippen LogP contribution in [0.25, 0.3) is 22.2 Å². The molecule has 0 aliphatic heterocycles. The van der Waals surface area contributed by atoms with E-state index in [4.69, 9.17) is 9.72 Å². The fraction of sp³-hybridized carbons (Fsp3) is 0.207. The first kappa shape index (κ1) is 24.1. The summed E-state index contributed by atoms with van der Waals surface area (Å²) in [6.45, 7) is 8.22. The van der Waals surface area contributed by atoms with Crippen LogP contribution in [0, 0.1) is 25.6 Å². The van der Waals surface area contributed by atoms with Gasteiger partial charge in [0.25, 0.3) is 5.91 Å². The van der Waals surface area contributed by atoms with Crippen molar-refractivity contribution in [2.45, 2.75) is 27.7 Å². The van der Waals surface area contributed by atoms with Crippen molar-refractivity contribution in [3.63, 3.8) is 0 Å². The van der Waals surface area contributed by atoms with E-state index < -0.39 is 5.97 Å². The first-order chi connectivity index (χ1) is 16.7. The van der Waals surface area contributed by atoms with Gasteiger partial charge in [0.05, 0.1) is 28.9 Å². The second-order valence-corrected chi connectivity index (χ2v) is 9.06. The maximum absolute atomic E-state index is 13.5. The molecule has 0 unspecified atom stereocenters. The van der Waals surface area contributed by atoms with Gasteiger partial charge in [0, 0.05) is 16.6 Å². The van der Waals surface area contributed by atoms with Crippen LogP contribution in [0.4, 0.5) is 10.1 Å². The van der Waals surface area contributed by atoms with E-state index in [9.17, 15) is 14.0 Å². The van der Waals surface area contributed by atoms with Gasteiger partial charge >= 0.3 is 5.97 Å². The van der Waals surface area contributed by atoms with Crippen molar-refractivity contribution in [2.24, 2.45) is 5.92 Å². The molecule has 0 spiro atoms. The highest BCUT2D eigenvalue weighted by molar-refractivity contribution is 6.13. The van der Waals surface area contributed by atoms with Gasteiger partial charge in [0.2, 0.25) is 0 Å². The lowest BCUT2D eigenvalue weighted by Crippen LogP contribution is -2.14. The quantitative estimate of drug-likeness (QED) is 0.318. The molecule has 0 saturated carbocycles. The topological polar surface area (TPSA) is 68.3 Å². The van der Waals surface area contributed by atoms with Crippen molar-refractivity contribution in [1.82, 2.24) is 4.98 Å². The Balaban J connectivity index is 1.67. The number of pyridine rings is 1. The average Bonchev–Trinajstić information content (AvgIpc) is 2.83. The number of ether oxygens (including phenoxy) is 1. The third-order valence-electron chi connectivity index (χ3n) is 5.56. The molecule has 0 fully saturated rings. The number of anilines is 1. The van der Waals surface area contributed by atoms with Crippen molar-refractivity contribution in [1.29, 1.82) is 0 Å². The lowest BCUT2D eigenvalue weighted by molar-refractivity contribution is 0.0459. The number of aryl methyl sites for hydroxylation is 2. The molecule has 0 aliphatic rings. The van der Waals surface area contributed by atoms with E-state index >= 15 is 0 Å². The number of nitrogens with one attached hydrogen (secondary N) is 1. The van der Waals surface area contributed by atoms with Crippen molar-refractivity contribution in [3.05, 3.63) is 94.8 Å². The summed E-state index contributed by atoms with van der Waals surface area (Å²) < 4.78 is 18.7. The minimum absolute atomic E-state index is 0.250. The number of rotatable bonds is 6. The zero-order valence-electron chi connectivity index (χ0n) is 20.2. The van der Waals surface area contributed by atoms with Gasteiger partial charge in [-0.2, -0.15) is 0 Å². The standard InChI is InChI=1S/C29H27FN2O3/c1-17(2)16-35-29(34)21-7-11-23(12-8-21)31-28(33)25-15-26(20-5-9-22(30)10-6-20)32-27-19(4)13-18(3)14-24(25)27/h5-15,17H,16H2,1-4H3,(H,31,33). The van der Waals surface area contributed by atoms with Crippen LogP contribution in [0.15, 0.2) is 66.7 Å². The number of aromatic nitrogens is 1. The lowest BCUT2D eigenvalue weighted by Gasteiger charge is -2.13. The number of benzene rings is 3. The van der Waals surface area contributed by atoms with Gasteiger partial charge in [-0.3, -0.25) is 4.79 Å². The van der Waals surface area contributed by atoms with Crippen LogP contribution in [-0.2, 0) is 4.74 Å². The van der Waals surface area contributed by atoms with E-state index in [0.717, 1.165) is 16.5 Å². The minimum Gasteiger partial charge on any atom is -0.462 e. The van der Waals surface area contributed by atoms with Gasteiger partial charge in [-0.15, -0.1) is 0 Å². The smallest absolute Gasteiger partial charge is 0.338 e. The molecule has 0 bridgehead atoms. The van der Waals surface area contributed by atoms with E-state index in [1.165, 1.54) is 12.1 Å². The molecule has 1 amide bonds. The molecule has 0 aliphatic carbocycles. The molecule has 0 radical (unpaired) electrons. The predicted molar refractivity (Wildman–Crippen MR) is 136 cm³/mol. The summed E-state index contributed by atoms with van der Waals surface area (Å²) in [5, 5.41) is 3.65. The van der Waals surface area contributed by atoms with Gasteiger partial charge in [0.15, 0.2) is 0 Å². The molecule has 1 heterocycles. The lowest BCUT2D eigenvalue weighted by atomic mass is 9.99.